The Morgan fingerprint density at radius 2 is 2.12 bits per heavy atom. The highest BCUT2D eigenvalue weighted by molar-refractivity contribution is 7.12. The Hall–Kier alpha value is -2.67. The highest BCUT2D eigenvalue weighted by atomic mass is 32.1. The number of rotatable bonds is 6. The van der Waals surface area contributed by atoms with Gasteiger partial charge in [0.2, 0.25) is 5.91 Å². The second-order valence-electron chi connectivity index (χ2n) is 6.04. The summed E-state index contributed by atoms with van der Waals surface area (Å²) in [7, 11) is 0. The van der Waals surface area contributed by atoms with Crippen LogP contribution in [-0.4, -0.2) is 21.8 Å². The molecule has 0 radical (unpaired) electrons. The number of H-pyrrole nitrogens is 1. The van der Waals surface area contributed by atoms with Crippen LogP contribution in [0.25, 0.3) is 11.0 Å². The summed E-state index contributed by atoms with van der Waals surface area (Å²) in [4.78, 5) is 32.2. The fraction of sp³-hybridized carbons (Fsp3) is 0.278. The molecule has 0 aliphatic carbocycles. The van der Waals surface area contributed by atoms with E-state index in [1.54, 1.807) is 5.38 Å². The molecule has 2 aromatic heterocycles. The number of fused-ring (bicyclic) bond motifs is 1. The molecule has 3 rings (SSSR count). The third-order valence-electron chi connectivity index (χ3n) is 4.31. The minimum absolute atomic E-state index is 0.195. The molecular formula is C18H20N4O2S. The van der Waals surface area contributed by atoms with E-state index in [2.05, 4.69) is 29.1 Å². The van der Waals surface area contributed by atoms with Crippen LogP contribution >= 0.6 is 11.3 Å². The van der Waals surface area contributed by atoms with Crippen molar-refractivity contribution in [2.45, 2.75) is 26.3 Å². The van der Waals surface area contributed by atoms with Crippen molar-refractivity contribution in [3.05, 3.63) is 52.0 Å². The van der Waals surface area contributed by atoms with E-state index in [1.165, 1.54) is 17.4 Å². The maximum atomic E-state index is 12.6. The molecule has 0 fully saturated rings. The number of nitrogens with two attached hydrogens (primary N) is 1. The molecular weight excluding hydrogens is 336 g/mol. The Kier molecular flexibility index (Phi) is 4.85. The van der Waals surface area contributed by atoms with Gasteiger partial charge in [-0.15, -0.1) is 11.3 Å². The van der Waals surface area contributed by atoms with Crippen LogP contribution in [0.1, 0.15) is 52.2 Å². The molecule has 3 aromatic rings. The molecule has 0 aliphatic rings. The van der Waals surface area contributed by atoms with E-state index >= 15 is 0 Å². The average Bonchev–Trinajstić information content (AvgIpc) is 3.25. The number of para-hydroxylation sites is 2. The Balaban J connectivity index is 1.87. The molecule has 2 atom stereocenters. The number of imidazole rings is 1. The molecule has 1 aromatic carbocycles. The van der Waals surface area contributed by atoms with Crippen molar-refractivity contribution in [3.63, 3.8) is 0 Å². The fourth-order valence-electron chi connectivity index (χ4n) is 2.63. The predicted molar refractivity (Wildman–Crippen MR) is 98.6 cm³/mol. The highest BCUT2D eigenvalue weighted by Gasteiger charge is 2.25. The third-order valence-corrected chi connectivity index (χ3v) is 5.24. The monoisotopic (exact) mass is 356 g/mol. The number of carbonyl (C=O) groups excluding carboxylic acids is 2. The lowest BCUT2D eigenvalue weighted by atomic mass is 9.98. The van der Waals surface area contributed by atoms with Crippen LogP contribution in [0.2, 0.25) is 0 Å². The van der Waals surface area contributed by atoms with Crippen molar-refractivity contribution in [1.82, 2.24) is 15.3 Å². The van der Waals surface area contributed by atoms with Crippen molar-refractivity contribution in [1.29, 1.82) is 0 Å². The van der Waals surface area contributed by atoms with Gasteiger partial charge in [0.15, 0.2) is 0 Å². The number of benzene rings is 1. The zero-order valence-corrected chi connectivity index (χ0v) is 14.9. The molecule has 2 amide bonds. The van der Waals surface area contributed by atoms with E-state index in [4.69, 9.17) is 5.73 Å². The second-order valence-corrected chi connectivity index (χ2v) is 6.95. The zero-order valence-electron chi connectivity index (χ0n) is 14.1. The molecule has 2 heterocycles. The minimum Gasteiger partial charge on any atom is -0.366 e. The van der Waals surface area contributed by atoms with Crippen LogP contribution in [0, 0.1) is 5.92 Å². The number of hydrogen-bond donors (Lipinski definition) is 3. The van der Waals surface area contributed by atoms with Crippen molar-refractivity contribution in [2.24, 2.45) is 11.7 Å². The summed E-state index contributed by atoms with van der Waals surface area (Å²) in [5.41, 5.74) is 7.40. The summed E-state index contributed by atoms with van der Waals surface area (Å²) >= 11 is 1.20. The van der Waals surface area contributed by atoms with E-state index in [0.717, 1.165) is 23.3 Å². The summed E-state index contributed by atoms with van der Waals surface area (Å²) in [5, 5.41) is 4.63. The zero-order chi connectivity index (χ0) is 18.0. The van der Waals surface area contributed by atoms with Crippen molar-refractivity contribution < 1.29 is 9.59 Å². The standard InChI is InChI=1S/C18H20N4O2S/c1-3-10(2)15(17-20-12-6-4-5-7-13(12)21-17)22-18(24)14-8-11(9-25-14)16(19)23/h4-10,15H,3H2,1-2H3,(H2,19,23)(H,20,21)(H,22,24). The summed E-state index contributed by atoms with van der Waals surface area (Å²) in [5.74, 6) is 0.157. The Morgan fingerprint density at radius 1 is 1.36 bits per heavy atom. The summed E-state index contributed by atoms with van der Waals surface area (Å²) < 4.78 is 0. The van der Waals surface area contributed by atoms with Gasteiger partial charge in [0, 0.05) is 5.38 Å². The summed E-state index contributed by atoms with van der Waals surface area (Å²) in [6, 6.07) is 9.04. The number of nitrogens with one attached hydrogen (secondary N) is 2. The van der Waals surface area contributed by atoms with E-state index < -0.39 is 5.91 Å². The maximum Gasteiger partial charge on any atom is 0.261 e. The first-order valence-corrected chi connectivity index (χ1v) is 9.01. The van der Waals surface area contributed by atoms with E-state index in [0.29, 0.717) is 10.4 Å². The number of aromatic amines is 1. The number of carbonyl (C=O) groups is 2. The maximum absolute atomic E-state index is 12.6. The third kappa shape index (κ3) is 3.56. The number of thiophene rings is 1. The van der Waals surface area contributed by atoms with Crippen LogP contribution < -0.4 is 11.1 Å². The Bertz CT molecular complexity index is 882. The minimum atomic E-state index is -0.536. The molecule has 2 unspecified atom stereocenters. The number of primary amides is 1. The largest absolute Gasteiger partial charge is 0.366 e. The lowest BCUT2D eigenvalue weighted by Gasteiger charge is -2.22. The number of nitrogens with zero attached hydrogens (tertiary/aromatic N) is 1. The molecule has 7 heteroatoms. The van der Waals surface area contributed by atoms with E-state index in [9.17, 15) is 9.59 Å². The van der Waals surface area contributed by atoms with Crippen LogP contribution in [-0.2, 0) is 0 Å². The van der Waals surface area contributed by atoms with Crippen molar-refractivity contribution in [3.8, 4) is 0 Å². The molecule has 25 heavy (non-hydrogen) atoms. The molecule has 0 bridgehead atoms. The lowest BCUT2D eigenvalue weighted by Crippen LogP contribution is -2.32. The number of hydrogen-bond acceptors (Lipinski definition) is 4. The van der Waals surface area contributed by atoms with Gasteiger partial charge >= 0.3 is 0 Å². The smallest absolute Gasteiger partial charge is 0.261 e. The molecule has 0 saturated heterocycles. The van der Waals surface area contributed by atoms with Crippen molar-refractivity contribution >= 4 is 34.2 Å². The molecule has 0 saturated carbocycles. The SMILES string of the molecule is CCC(C)C(NC(=O)c1cc(C(N)=O)cs1)c1nc2ccccc2[nH]1. The van der Waals surface area contributed by atoms with Crippen LogP contribution in [0.4, 0.5) is 0 Å². The first-order chi connectivity index (χ1) is 12.0. The van der Waals surface area contributed by atoms with Gasteiger partial charge in [0.05, 0.1) is 27.5 Å². The molecule has 4 N–H and O–H groups in total. The summed E-state index contributed by atoms with van der Waals surface area (Å²) in [6.45, 7) is 4.14. The van der Waals surface area contributed by atoms with Crippen LogP contribution in [0.3, 0.4) is 0 Å². The van der Waals surface area contributed by atoms with Gasteiger partial charge < -0.3 is 16.0 Å². The van der Waals surface area contributed by atoms with Gasteiger partial charge in [-0.1, -0.05) is 32.4 Å². The molecule has 0 aliphatic heterocycles. The quantitative estimate of drug-likeness (QED) is 0.632. The number of aromatic nitrogens is 2. The fourth-order valence-corrected chi connectivity index (χ4v) is 3.43. The van der Waals surface area contributed by atoms with Crippen molar-refractivity contribution in [2.75, 3.05) is 0 Å². The molecule has 6 nitrogen and oxygen atoms in total. The first kappa shape index (κ1) is 17.2. The van der Waals surface area contributed by atoms with Gasteiger partial charge in [0.1, 0.15) is 5.82 Å². The number of amides is 2. The Labute approximate surface area is 149 Å². The normalized spacial score (nSPS) is 13.5. The predicted octanol–water partition coefficient (Wildman–Crippen LogP) is 3.24. The van der Waals surface area contributed by atoms with Gasteiger partial charge in [-0.3, -0.25) is 9.59 Å². The van der Waals surface area contributed by atoms with Gasteiger partial charge in [0.25, 0.3) is 5.91 Å². The van der Waals surface area contributed by atoms with E-state index in [1.807, 2.05) is 24.3 Å². The van der Waals surface area contributed by atoms with Gasteiger partial charge in [-0.05, 0) is 24.1 Å². The highest BCUT2D eigenvalue weighted by Crippen LogP contribution is 2.25. The van der Waals surface area contributed by atoms with Gasteiger partial charge in [-0.25, -0.2) is 4.98 Å². The average molecular weight is 356 g/mol. The lowest BCUT2D eigenvalue weighted by molar-refractivity contribution is 0.0924. The topological polar surface area (TPSA) is 101 Å². The Morgan fingerprint density at radius 3 is 2.76 bits per heavy atom. The van der Waals surface area contributed by atoms with E-state index in [-0.39, 0.29) is 17.9 Å². The van der Waals surface area contributed by atoms with Gasteiger partial charge in [-0.2, -0.15) is 0 Å². The van der Waals surface area contributed by atoms with Crippen LogP contribution in [0.5, 0.6) is 0 Å². The second kappa shape index (κ2) is 7.06. The molecule has 130 valence electrons. The first-order valence-electron chi connectivity index (χ1n) is 8.13. The summed E-state index contributed by atoms with van der Waals surface area (Å²) in [6.07, 6.45) is 0.888. The van der Waals surface area contributed by atoms with Crippen LogP contribution in [0.15, 0.2) is 35.7 Å². The molecule has 0 spiro atoms.